The second-order valence-electron chi connectivity index (χ2n) is 11.4. The van der Waals surface area contributed by atoms with Crippen LogP contribution in [0.3, 0.4) is 0 Å². The van der Waals surface area contributed by atoms with E-state index in [1.165, 1.54) is 0 Å². The summed E-state index contributed by atoms with van der Waals surface area (Å²) in [7, 11) is 0. The first kappa shape index (κ1) is 29.1. The van der Waals surface area contributed by atoms with Crippen molar-refractivity contribution in [3.63, 3.8) is 0 Å². The van der Waals surface area contributed by atoms with Crippen LogP contribution in [-0.2, 0) is 14.4 Å². The number of piperidine rings is 2. The van der Waals surface area contributed by atoms with E-state index in [2.05, 4.69) is 25.7 Å². The topological polar surface area (TPSA) is 159 Å². The Balaban J connectivity index is 0.901. The molecule has 2 aromatic heterocycles. The highest BCUT2D eigenvalue weighted by molar-refractivity contribution is 6.23. The van der Waals surface area contributed by atoms with E-state index in [1.54, 1.807) is 43.0 Å². The zero-order valence-corrected chi connectivity index (χ0v) is 24.3. The lowest BCUT2D eigenvalue weighted by Gasteiger charge is -2.32. The molecule has 13 heteroatoms. The number of rotatable bonds is 10. The first-order chi connectivity index (χ1) is 21.4. The summed E-state index contributed by atoms with van der Waals surface area (Å²) in [6, 6.07) is 4.24. The number of nitrogens with one attached hydrogen (secondary N) is 2. The number of amides is 5. The van der Waals surface area contributed by atoms with Crippen molar-refractivity contribution in [2.24, 2.45) is 0 Å². The van der Waals surface area contributed by atoms with Gasteiger partial charge in [0.25, 0.3) is 11.8 Å². The van der Waals surface area contributed by atoms with Crippen LogP contribution in [0.2, 0.25) is 0 Å². The molecule has 13 nitrogen and oxygen atoms in total. The molecular weight excluding hydrogens is 564 g/mol. The number of fused-ring (bicyclic) bond motifs is 1. The van der Waals surface area contributed by atoms with Crippen LogP contribution in [0.4, 0.5) is 5.69 Å². The first-order valence-electron chi connectivity index (χ1n) is 15.1. The third kappa shape index (κ3) is 6.08. The molecule has 44 heavy (non-hydrogen) atoms. The van der Waals surface area contributed by atoms with Gasteiger partial charge in [0.15, 0.2) is 0 Å². The Hall–Kier alpha value is -4.94. The predicted octanol–water partition coefficient (Wildman–Crippen LogP) is 2.58. The summed E-state index contributed by atoms with van der Waals surface area (Å²) in [5, 5.41) is 10.0. The molecule has 1 aromatic carbocycles. The van der Waals surface area contributed by atoms with Crippen molar-refractivity contribution in [3.05, 3.63) is 60.3 Å². The Morgan fingerprint density at radius 3 is 2.55 bits per heavy atom. The van der Waals surface area contributed by atoms with Gasteiger partial charge in [-0.2, -0.15) is 5.10 Å². The molecule has 0 aliphatic carbocycles. The van der Waals surface area contributed by atoms with Crippen LogP contribution in [0.15, 0.2) is 49.2 Å². The molecule has 0 spiro atoms. The highest BCUT2D eigenvalue weighted by atomic mass is 16.2. The summed E-state index contributed by atoms with van der Waals surface area (Å²) >= 11 is 0. The van der Waals surface area contributed by atoms with Gasteiger partial charge < -0.3 is 10.2 Å². The lowest BCUT2D eigenvalue weighted by atomic mass is 10.0. The maximum atomic E-state index is 13.0. The molecule has 0 radical (unpaired) electrons. The minimum Gasteiger partial charge on any atom is -0.385 e. The Kier molecular flexibility index (Phi) is 8.44. The van der Waals surface area contributed by atoms with E-state index < -0.39 is 29.7 Å². The molecule has 3 aliphatic rings. The van der Waals surface area contributed by atoms with E-state index in [9.17, 15) is 24.0 Å². The largest absolute Gasteiger partial charge is 0.385 e. The molecule has 1 unspecified atom stereocenters. The van der Waals surface area contributed by atoms with Crippen molar-refractivity contribution in [2.45, 2.75) is 63.5 Å². The minimum atomic E-state index is -0.981. The monoisotopic (exact) mass is 598 g/mol. The van der Waals surface area contributed by atoms with E-state index in [0.29, 0.717) is 31.7 Å². The van der Waals surface area contributed by atoms with Crippen molar-refractivity contribution >= 4 is 35.2 Å². The third-order valence-electron chi connectivity index (χ3n) is 8.49. The van der Waals surface area contributed by atoms with Crippen molar-refractivity contribution in [2.75, 3.05) is 25.0 Å². The molecule has 0 saturated carbocycles. The normalized spacial score (nSPS) is 18.9. The van der Waals surface area contributed by atoms with Gasteiger partial charge in [0, 0.05) is 62.3 Å². The van der Waals surface area contributed by atoms with E-state index in [0.717, 1.165) is 48.3 Å². The van der Waals surface area contributed by atoms with Gasteiger partial charge in [-0.1, -0.05) is 6.42 Å². The summed E-state index contributed by atoms with van der Waals surface area (Å²) in [4.78, 5) is 73.7. The van der Waals surface area contributed by atoms with Gasteiger partial charge in [-0.05, 0) is 50.3 Å². The number of hydrogen-bond donors (Lipinski definition) is 2. The smallest absolute Gasteiger partial charge is 0.262 e. The Morgan fingerprint density at radius 2 is 1.77 bits per heavy atom. The number of nitrogens with zero attached hydrogens (tertiary/aromatic N) is 6. The summed E-state index contributed by atoms with van der Waals surface area (Å²) in [6.07, 6.45) is 13.8. The molecule has 228 valence electrons. The van der Waals surface area contributed by atoms with Gasteiger partial charge in [-0.25, -0.2) is 0 Å². The average molecular weight is 599 g/mol. The van der Waals surface area contributed by atoms with Gasteiger partial charge >= 0.3 is 0 Å². The maximum Gasteiger partial charge on any atom is 0.262 e. The molecule has 5 heterocycles. The maximum absolute atomic E-state index is 13.0. The third-order valence-corrected chi connectivity index (χ3v) is 8.49. The molecule has 2 fully saturated rings. The quantitative estimate of drug-likeness (QED) is 0.264. The molecule has 0 bridgehead atoms. The van der Waals surface area contributed by atoms with Crippen LogP contribution in [0.5, 0.6) is 0 Å². The summed E-state index contributed by atoms with van der Waals surface area (Å²) in [5.74, 6) is -1.89. The minimum absolute atomic E-state index is 0.0830. The first-order valence-corrected chi connectivity index (χ1v) is 15.1. The number of carbonyl (C=O) groups is 5. The Morgan fingerprint density at radius 1 is 0.955 bits per heavy atom. The van der Waals surface area contributed by atoms with E-state index in [4.69, 9.17) is 0 Å². The van der Waals surface area contributed by atoms with Crippen molar-refractivity contribution < 1.29 is 24.0 Å². The van der Waals surface area contributed by atoms with Crippen molar-refractivity contribution in [1.29, 1.82) is 0 Å². The SMILES string of the molecule is O=C1CCC(N2C(=O)c3ccc(NCCCCCC(=O)N4CCC(n5cc(-c6cnccn6)cn5)CC4)cc3C2=O)C(=O)N1. The number of anilines is 1. The van der Waals surface area contributed by atoms with E-state index >= 15 is 0 Å². The van der Waals surface area contributed by atoms with Crippen LogP contribution in [0, 0.1) is 0 Å². The van der Waals surface area contributed by atoms with Gasteiger partial charge in [0.2, 0.25) is 17.7 Å². The molecule has 5 amide bonds. The average Bonchev–Trinajstić information content (AvgIpc) is 3.63. The number of hydrogen-bond acceptors (Lipinski definition) is 9. The van der Waals surface area contributed by atoms with Crippen LogP contribution in [-0.4, -0.2) is 84.8 Å². The number of imide groups is 2. The zero-order valence-electron chi connectivity index (χ0n) is 24.3. The molecule has 2 N–H and O–H groups in total. The standard InChI is InChI=1S/C31H34N8O5/c40-27-8-7-26(29(42)36-27)39-30(43)23-6-5-21(16-24(23)31(39)44)33-11-3-1-2-4-28(41)37-14-9-22(10-15-37)38-19-20(17-35-38)25-18-32-12-13-34-25/h5-6,12-13,16-19,22,26,33H,1-4,7-11,14-15H2,(H,36,40,42). The fourth-order valence-electron chi connectivity index (χ4n) is 6.05. The molecule has 1 atom stereocenters. The predicted molar refractivity (Wildman–Crippen MR) is 158 cm³/mol. The molecule has 3 aliphatic heterocycles. The lowest BCUT2D eigenvalue weighted by molar-refractivity contribution is -0.136. The molecule has 6 rings (SSSR count). The van der Waals surface area contributed by atoms with E-state index in [-0.39, 0.29) is 35.9 Å². The number of carbonyl (C=O) groups excluding carboxylic acids is 5. The van der Waals surface area contributed by atoms with Crippen LogP contribution >= 0.6 is 0 Å². The number of aromatic nitrogens is 4. The van der Waals surface area contributed by atoms with Crippen molar-refractivity contribution in [1.82, 2.24) is 34.9 Å². The molecule has 2 saturated heterocycles. The second kappa shape index (κ2) is 12.7. The van der Waals surface area contributed by atoms with Crippen molar-refractivity contribution in [3.8, 4) is 11.3 Å². The zero-order chi connectivity index (χ0) is 30.6. The fraction of sp³-hybridized carbons (Fsp3) is 0.419. The summed E-state index contributed by atoms with van der Waals surface area (Å²) < 4.78 is 1.97. The molecular formula is C31H34N8O5. The van der Waals surface area contributed by atoms with Gasteiger partial charge in [-0.15, -0.1) is 0 Å². The van der Waals surface area contributed by atoms with Crippen LogP contribution in [0.1, 0.15) is 78.1 Å². The van der Waals surface area contributed by atoms with Gasteiger partial charge in [-0.3, -0.25) is 48.8 Å². The fourth-order valence-corrected chi connectivity index (χ4v) is 6.05. The van der Waals surface area contributed by atoms with Crippen LogP contribution < -0.4 is 10.6 Å². The lowest BCUT2D eigenvalue weighted by Crippen LogP contribution is -2.54. The molecule has 3 aromatic rings. The Bertz CT molecular complexity index is 1580. The van der Waals surface area contributed by atoms with Gasteiger partial charge in [0.05, 0.1) is 35.3 Å². The van der Waals surface area contributed by atoms with E-state index in [1.807, 2.05) is 15.8 Å². The number of benzene rings is 1. The second-order valence-corrected chi connectivity index (χ2v) is 11.4. The van der Waals surface area contributed by atoms with Crippen LogP contribution in [0.25, 0.3) is 11.3 Å². The number of unbranched alkanes of at least 4 members (excludes halogenated alkanes) is 2. The highest BCUT2D eigenvalue weighted by Crippen LogP contribution is 2.30. The van der Waals surface area contributed by atoms with Gasteiger partial charge in [0.1, 0.15) is 6.04 Å². The number of likely N-dealkylation sites (tertiary alicyclic amines) is 1. The summed E-state index contributed by atoms with van der Waals surface area (Å²) in [5.41, 5.74) is 2.93. The Labute approximate surface area is 254 Å². The highest BCUT2D eigenvalue weighted by Gasteiger charge is 2.44. The summed E-state index contributed by atoms with van der Waals surface area (Å²) in [6.45, 7) is 2.08.